The van der Waals surface area contributed by atoms with Crippen LogP contribution in [0.5, 0.6) is 11.5 Å². The predicted molar refractivity (Wildman–Crippen MR) is 67.7 cm³/mol. The number of hydrogen-bond donors (Lipinski definition) is 2. The zero-order valence-electron chi connectivity index (χ0n) is 9.86. The molecule has 16 heavy (non-hydrogen) atoms. The molecule has 0 aromatic heterocycles. The molecular formula is C12H18O3S. The van der Waals surface area contributed by atoms with Gasteiger partial charge in [0.1, 0.15) is 0 Å². The third kappa shape index (κ3) is 2.83. The first-order valence-corrected chi connectivity index (χ1v) is 5.78. The van der Waals surface area contributed by atoms with Gasteiger partial charge >= 0.3 is 0 Å². The summed E-state index contributed by atoms with van der Waals surface area (Å²) in [6.07, 6.45) is 0.122. The van der Waals surface area contributed by atoms with Crippen molar-refractivity contribution >= 4 is 12.6 Å². The number of aliphatic hydroxyl groups is 1. The lowest BCUT2D eigenvalue weighted by atomic mass is 10.0. The topological polar surface area (TPSA) is 38.7 Å². The molecule has 1 N–H and O–H groups in total. The van der Waals surface area contributed by atoms with Gasteiger partial charge in [0.15, 0.2) is 11.5 Å². The molecule has 0 amide bonds. The predicted octanol–water partition coefficient (Wildman–Crippen LogP) is 2.37. The molecule has 1 atom stereocenters. The maximum Gasteiger partial charge on any atom is 0.161 e. The molecule has 90 valence electrons. The highest BCUT2D eigenvalue weighted by atomic mass is 32.1. The minimum absolute atomic E-state index is 0.502. The second-order valence-electron chi connectivity index (χ2n) is 3.59. The normalized spacial score (nSPS) is 12.3. The molecule has 1 aromatic carbocycles. The fourth-order valence-corrected chi connectivity index (χ4v) is 1.88. The van der Waals surface area contributed by atoms with E-state index in [9.17, 15) is 5.11 Å². The molecule has 0 saturated heterocycles. The molecule has 3 nitrogen and oxygen atoms in total. The van der Waals surface area contributed by atoms with Gasteiger partial charge in [-0.05, 0) is 42.4 Å². The molecule has 0 bridgehead atoms. The summed E-state index contributed by atoms with van der Waals surface area (Å²) in [7, 11) is 3.18. The molecule has 0 aliphatic rings. The molecule has 0 spiro atoms. The largest absolute Gasteiger partial charge is 0.493 e. The quantitative estimate of drug-likeness (QED) is 0.779. The van der Waals surface area contributed by atoms with Crippen molar-refractivity contribution in [1.29, 1.82) is 0 Å². The van der Waals surface area contributed by atoms with Gasteiger partial charge in [0, 0.05) is 0 Å². The Morgan fingerprint density at radius 3 is 2.31 bits per heavy atom. The lowest BCUT2D eigenvalue weighted by Gasteiger charge is -2.16. The van der Waals surface area contributed by atoms with Crippen molar-refractivity contribution in [2.45, 2.75) is 19.4 Å². The summed E-state index contributed by atoms with van der Waals surface area (Å²) in [6, 6.07) is 3.69. The number of ether oxygens (including phenoxy) is 2. The number of aryl methyl sites for hydroxylation is 1. The van der Waals surface area contributed by atoms with E-state index < -0.39 is 6.10 Å². The number of hydrogen-bond acceptors (Lipinski definition) is 4. The van der Waals surface area contributed by atoms with Gasteiger partial charge in [-0.15, -0.1) is 0 Å². The molecule has 0 aliphatic carbocycles. The number of rotatable bonds is 5. The van der Waals surface area contributed by atoms with E-state index in [4.69, 9.17) is 9.47 Å². The molecule has 0 heterocycles. The number of aliphatic hydroxyl groups excluding tert-OH is 1. The van der Waals surface area contributed by atoms with Crippen LogP contribution in [-0.4, -0.2) is 25.1 Å². The Morgan fingerprint density at radius 1 is 1.25 bits per heavy atom. The van der Waals surface area contributed by atoms with Gasteiger partial charge in [-0.25, -0.2) is 0 Å². The van der Waals surface area contributed by atoms with E-state index in [1.54, 1.807) is 14.2 Å². The summed E-state index contributed by atoms with van der Waals surface area (Å²) < 4.78 is 10.4. The molecule has 4 heteroatoms. The Kier molecular flexibility index (Phi) is 4.96. The van der Waals surface area contributed by atoms with Crippen LogP contribution in [0, 0.1) is 6.92 Å². The third-order valence-electron chi connectivity index (χ3n) is 2.53. The first-order chi connectivity index (χ1) is 7.63. The molecule has 0 saturated carbocycles. The smallest absolute Gasteiger partial charge is 0.161 e. The molecule has 0 fully saturated rings. The first-order valence-electron chi connectivity index (χ1n) is 5.15. The van der Waals surface area contributed by atoms with Crippen LogP contribution in [0.25, 0.3) is 0 Å². The molecule has 0 aliphatic heterocycles. The zero-order valence-corrected chi connectivity index (χ0v) is 10.8. The van der Waals surface area contributed by atoms with Crippen LogP contribution in [0.2, 0.25) is 0 Å². The first kappa shape index (κ1) is 13.2. The van der Waals surface area contributed by atoms with Crippen molar-refractivity contribution in [3.8, 4) is 11.5 Å². The lowest BCUT2D eigenvalue weighted by Crippen LogP contribution is -2.02. The van der Waals surface area contributed by atoms with Crippen molar-refractivity contribution in [1.82, 2.24) is 0 Å². The standard InChI is InChI=1S/C12H18O3S/c1-8-6-11(14-2)12(15-3)7-9(8)10(13)4-5-16/h6-7,10,13,16H,4-5H2,1-3H3. The fraction of sp³-hybridized carbons (Fsp3) is 0.500. The Balaban J connectivity index is 3.10. The minimum atomic E-state index is -0.502. The summed E-state index contributed by atoms with van der Waals surface area (Å²) in [5.74, 6) is 1.97. The van der Waals surface area contributed by atoms with Gasteiger partial charge in [0.2, 0.25) is 0 Å². The highest BCUT2D eigenvalue weighted by Gasteiger charge is 2.14. The second-order valence-corrected chi connectivity index (χ2v) is 4.04. The van der Waals surface area contributed by atoms with Crippen molar-refractivity contribution in [3.63, 3.8) is 0 Å². The van der Waals surface area contributed by atoms with Crippen molar-refractivity contribution in [2.24, 2.45) is 0 Å². The van der Waals surface area contributed by atoms with Crippen LogP contribution < -0.4 is 9.47 Å². The van der Waals surface area contributed by atoms with Crippen LogP contribution in [0.3, 0.4) is 0 Å². The van der Waals surface area contributed by atoms with Gasteiger partial charge in [-0.1, -0.05) is 0 Å². The van der Waals surface area contributed by atoms with E-state index in [-0.39, 0.29) is 0 Å². The number of benzene rings is 1. The summed E-state index contributed by atoms with van der Waals surface area (Å²) in [5, 5.41) is 9.94. The molecule has 1 rings (SSSR count). The average molecular weight is 242 g/mol. The van der Waals surface area contributed by atoms with Crippen LogP contribution in [0.1, 0.15) is 23.7 Å². The van der Waals surface area contributed by atoms with E-state index in [0.717, 1.165) is 11.1 Å². The monoisotopic (exact) mass is 242 g/mol. The molecule has 1 aromatic rings. The number of thiol groups is 1. The van der Waals surface area contributed by atoms with E-state index in [1.807, 2.05) is 19.1 Å². The highest BCUT2D eigenvalue weighted by Crippen LogP contribution is 2.33. The Bertz CT molecular complexity index is 352. The summed E-state index contributed by atoms with van der Waals surface area (Å²) in [6.45, 7) is 1.94. The van der Waals surface area contributed by atoms with Crippen LogP contribution in [0.15, 0.2) is 12.1 Å². The van der Waals surface area contributed by atoms with Crippen LogP contribution in [-0.2, 0) is 0 Å². The maximum atomic E-state index is 9.94. The maximum absolute atomic E-state index is 9.94. The molecular weight excluding hydrogens is 224 g/mol. The van der Waals surface area contributed by atoms with Crippen LogP contribution >= 0.6 is 12.6 Å². The highest BCUT2D eigenvalue weighted by molar-refractivity contribution is 7.80. The van der Waals surface area contributed by atoms with Gasteiger partial charge in [0.05, 0.1) is 20.3 Å². The number of methoxy groups -OCH3 is 2. The van der Waals surface area contributed by atoms with Crippen molar-refractivity contribution < 1.29 is 14.6 Å². The Labute approximate surface area is 102 Å². The van der Waals surface area contributed by atoms with Crippen molar-refractivity contribution in [2.75, 3.05) is 20.0 Å². The average Bonchev–Trinajstić information content (AvgIpc) is 2.28. The summed E-state index contributed by atoms with van der Waals surface area (Å²) >= 11 is 4.12. The van der Waals surface area contributed by atoms with E-state index in [2.05, 4.69) is 12.6 Å². The van der Waals surface area contributed by atoms with Gasteiger partial charge < -0.3 is 14.6 Å². The summed E-state index contributed by atoms with van der Waals surface area (Å²) in [5.41, 5.74) is 1.86. The second kappa shape index (κ2) is 6.01. The van der Waals surface area contributed by atoms with Gasteiger partial charge in [0.25, 0.3) is 0 Å². The molecule has 0 radical (unpaired) electrons. The third-order valence-corrected chi connectivity index (χ3v) is 2.79. The van der Waals surface area contributed by atoms with Crippen molar-refractivity contribution in [3.05, 3.63) is 23.3 Å². The molecule has 1 unspecified atom stereocenters. The SMILES string of the molecule is COc1cc(C)c(C(O)CCS)cc1OC. The van der Waals surface area contributed by atoms with Crippen LogP contribution in [0.4, 0.5) is 0 Å². The summed E-state index contributed by atoms with van der Waals surface area (Å²) in [4.78, 5) is 0. The van der Waals surface area contributed by atoms with E-state index in [0.29, 0.717) is 23.7 Å². The lowest BCUT2D eigenvalue weighted by molar-refractivity contribution is 0.174. The van der Waals surface area contributed by atoms with Gasteiger partial charge in [-0.2, -0.15) is 12.6 Å². The minimum Gasteiger partial charge on any atom is -0.493 e. The Hall–Kier alpha value is -0.870. The van der Waals surface area contributed by atoms with E-state index in [1.165, 1.54) is 0 Å². The zero-order chi connectivity index (χ0) is 12.1. The fourth-order valence-electron chi connectivity index (χ4n) is 1.63. The Morgan fingerprint density at radius 2 is 1.81 bits per heavy atom. The van der Waals surface area contributed by atoms with Gasteiger partial charge in [-0.3, -0.25) is 0 Å². The van der Waals surface area contributed by atoms with E-state index >= 15 is 0 Å².